The number of benzene rings is 2. The first-order valence-corrected chi connectivity index (χ1v) is 16.2. The Hall–Kier alpha value is -3.75. The Bertz CT molecular complexity index is 1650. The van der Waals surface area contributed by atoms with Crippen molar-refractivity contribution in [3.05, 3.63) is 89.0 Å². The SMILES string of the molecule is O=C1NC=CN(S(=O)(=O)c2cccc(C(F)(F)F)c2)C1Cc1cn(C2CCc3ccc(CNN4CCCCC4)cc3C2)nn1. The van der Waals surface area contributed by atoms with E-state index in [9.17, 15) is 26.4 Å². The van der Waals surface area contributed by atoms with E-state index < -0.39 is 38.6 Å². The van der Waals surface area contributed by atoms with E-state index in [-0.39, 0.29) is 12.5 Å². The smallest absolute Gasteiger partial charge is 0.329 e. The molecule has 1 aliphatic carbocycles. The molecule has 1 saturated heterocycles. The van der Waals surface area contributed by atoms with Gasteiger partial charge in [-0.05, 0) is 67.0 Å². The van der Waals surface area contributed by atoms with Gasteiger partial charge in [-0.15, -0.1) is 5.10 Å². The van der Waals surface area contributed by atoms with E-state index in [2.05, 4.69) is 44.3 Å². The Morgan fingerprint density at radius 3 is 2.66 bits per heavy atom. The number of aromatic nitrogens is 3. The van der Waals surface area contributed by atoms with Crippen LogP contribution in [0.4, 0.5) is 13.2 Å². The standard InChI is InChI=1S/C30H34F3N7O3S/c31-30(32,33)24-5-4-6-27(17-24)44(42,43)40-14-11-34-29(41)28(40)18-25-20-39(37-36-25)26-10-9-22-8-7-21(15-23(22)16-26)19-35-38-12-2-1-3-13-38/h4-8,11,14-15,17,20,26,28,35H,1-3,9-10,12-13,16,18-19H2,(H,34,41). The number of hydrogen-bond donors (Lipinski definition) is 2. The van der Waals surface area contributed by atoms with Gasteiger partial charge in [-0.1, -0.05) is 35.9 Å². The lowest BCUT2D eigenvalue weighted by atomic mass is 9.87. The average molecular weight is 630 g/mol. The molecule has 0 spiro atoms. The number of sulfonamides is 1. The Kier molecular flexibility index (Phi) is 8.49. The fraction of sp³-hybridized carbons (Fsp3) is 0.433. The lowest BCUT2D eigenvalue weighted by molar-refractivity contribution is -0.137. The van der Waals surface area contributed by atoms with E-state index in [0.717, 1.165) is 73.8 Å². The summed E-state index contributed by atoms with van der Waals surface area (Å²) in [6, 6.07) is 8.86. The number of nitrogens with zero attached hydrogens (tertiary/aromatic N) is 5. The van der Waals surface area contributed by atoms with Gasteiger partial charge in [0.2, 0.25) is 5.91 Å². The highest BCUT2D eigenvalue weighted by atomic mass is 32.2. The summed E-state index contributed by atoms with van der Waals surface area (Å²) < 4.78 is 69.2. The molecule has 1 aromatic heterocycles. The first-order valence-electron chi connectivity index (χ1n) is 14.8. The zero-order valence-corrected chi connectivity index (χ0v) is 24.8. The zero-order chi connectivity index (χ0) is 30.9. The number of amides is 1. The van der Waals surface area contributed by atoms with Gasteiger partial charge in [-0.25, -0.2) is 18.1 Å². The second-order valence-corrected chi connectivity index (χ2v) is 13.3. The van der Waals surface area contributed by atoms with E-state index in [4.69, 9.17) is 0 Å². The Labute approximate surface area is 253 Å². The van der Waals surface area contributed by atoms with E-state index >= 15 is 0 Å². The van der Waals surface area contributed by atoms with Crippen LogP contribution in [0.3, 0.4) is 0 Å². The number of alkyl halides is 3. The molecule has 2 atom stereocenters. The fourth-order valence-corrected chi connectivity index (χ4v) is 7.56. The van der Waals surface area contributed by atoms with E-state index in [1.807, 2.05) is 0 Å². The number of carbonyl (C=O) groups excluding carboxylic acids is 1. The number of nitrogens with one attached hydrogen (secondary N) is 2. The minimum absolute atomic E-state index is 0.0408. The third-order valence-electron chi connectivity index (χ3n) is 8.46. The van der Waals surface area contributed by atoms with Crippen molar-refractivity contribution in [3.63, 3.8) is 0 Å². The molecule has 2 unspecified atom stereocenters. The van der Waals surface area contributed by atoms with Crippen molar-refractivity contribution < 1.29 is 26.4 Å². The van der Waals surface area contributed by atoms with Crippen molar-refractivity contribution in [3.8, 4) is 0 Å². The molecule has 3 heterocycles. The summed E-state index contributed by atoms with van der Waals surface area (Å²) in [5.74, 6) is -0.616. The minimum atomic E-state index is -4.72. The molecule has 3 aromatic rings. The predicted molar refractivity (Wildman–Crippen MR) is 155 cm³/mol. The van der Waals surface area contributed by atoms with Gasteiger partial charge >= 0.3 is 6.18 Å². The van der Waals surface area contributed by atoms with Gasteiger partial charge in [-0.2, -0.15) is 13.2 Å². The minimum Gasteiger partial charge on any atom is -0.329 e. The van der Waals surface area contributed by atoms with Crippen LogP contribution in [0, 0.1) is 0 Å². The molecule has 44 heavy (non-hydrogen) atoms. The number of hydrogen-bond acceptors (Lipinski definition) is 7. The highest BCUT2D eigenvalue weighted by molar-refractivity contribution is 7.89. The molecule has 0 saturated carbocycles. The van der Waals surface area contributed by atoms with E-state index in [1.165, 1.54) is 36.0 Å². The summed E-state index contributed by atoms with van der Waals surface area (Å²) in [4.78, 5) is 12.3. The maximum atomic E-state index is 13.4. The maximum Gasteiger partial charge on any atom is 0.416 e. The van der Waals surface area contributed by atoms with Crippen LogP contribution in [-0.2, 0) is 46.8 Å². The molecule has 3 aliphatic rings. The van der Waals surface area contributed by atoms with Crippen LogP contribution in [0.1, 0.15) is 59.7 Å². The predicted octanol–water partition coefficient (Wildman–Crippen LogP) is 3.72. The highest BCUT2D eigenvalue weighted by Gasteiger charge is 2.38. The molecule has 2 aromatic carbocycles. The largest absolute Gasteiger partial charge is 0.416 e. The molecule has 2 N–H and O–H groups in total. The number of aryl methyl sites for hydroxylation is 1. The number of fused-ring (bicyclic) bond motifs is 1. The summed E-state index contributed by atoms with van der Waals surface area (Å²) >= 11 is 0. The number of hydrazine groups is 1. The Morgan fingerprint density at radius 1 is 1.05 bits per heavy atom. The summed E-state index contributed by atoms with van der Waals surface area (Å²) in [5.41, 5.74) is 6.62. The number of piperidine rings is 1. The van der Waals surface area contributed by atoms with E-state index in [0.29, 0.717) is 11.8 Å². The maximum absolute atomic E-state index is 13.4. The quantitative estimate of drug-likeness (QED) is 0.391. The van der Waals surface area contributed by atoms with Crippen LogP contribution in [0.2, 0.25) is 0 Å². The van der Waals surface area contributed by atoms with Crippen LogP contribution >= 0.6 is 0 Å². The molecular formula is C30H34F3N7O3S. The number of halogens is 3. The topological polar surface area (TPSA) is 112 Å². The van der Waals surface area contributed by atoms with Crippen molar-refractivity contribution in [1.82, 2.24) is 35.1 Å². The summed E-state index contributed by atoms with van der Waals surface area (Å²) in [6.45, 7) is 2.90. The molecule has 0 radical (unpaired) electrons. The van der Waals surface area contributed by atoms with Gasteiger partial charge in [0.15, 0.2) is 0 Å². The lowest BCUT2D eigenvalue weighted by Crippen LogP contribution is -2.50. The van der Waals surface area contributed by atoms with Crippen LogP contribution in [0.5, 0.6) is 0 Å². The van der Waals surface area contributed by atoms with Crippen LogP contribution in [-0.4, -0.2) is 57.8 Å². The van der Waals surface area contributed by atoms with Crippen molar-refractivity contribution in [2.45, 2.75) is 74.6 Å². The van der Waals surface area contributed by atoms with Crippen LogP contribution < -0.4 is 10.7 Å². The fourth-order valence-electron chi connectivity index (χ4n) is 6.06. The number of carbonyl (C=O) groups is 1. The summed E-state index contributed by atoms with van der Waals surface area (Å²) in [6.07, 6.45) is 5.39. The molecule has 0 bridgehead atoms. The first kappa shape index (κ1) is 30.3. The van der Waals surface area contributed by atoms with Crippen LogP contribution in [0.25, 0.3) is 0 Å². The van der Waals surface area contributed by atoms with Crippen molar-refractivity contribution >= 4 is 15.9 Å². The Morgan fingerprint density at radius 2 is 1.86 bits per heavy atom. The van der Waals surface area contributed by atoms with Gasteiger partial charge in [0.05, 0.1) is 22.2 Å². The first-order chi connectivity index (χ1) is 21.1. The molecule has 1 amide bonds. The molecule has 2 aliphatic heterocycles. The van der Waals surface area contributed by atoms with Gasteiger partial charge in [0, 0.05) is 44.7 Å². The third-order valence-corrected chi connectivity index (χ3v) is 10.2. The van der Waals surface area contributed by atoms with Crippen molar-refractivity contribution in [2.75, 3.05) is 13.1 Å². The normalized spacial score (nSPS) is 21.2. The lowest BCUT2D eigenvalue weighted by Gasteiger charge is -2.31. The van der Waals surface area contributed by atoms with Crippen molar-refractivity contribution in [1.29, 1.82) is 0 Å². The second kappa shape index (κ2) is 12.3. The summed E-state index contributed by atoms with van der Waals surface area (Å²) in [5, 5.41) is 13.3. The highest BCUT2D eigenvalue weighted by Crippen LogP contribution is 2.33. The molecule has 14 heteroatoms. The molecular weight excluding hydrogens is 595 g/mol. The number of rotatable bonds is 8. The van der Waals surface area contributed by atoms with Gasteiger partial charge < -0.3 is 5.32 Å². The molecule has 10 nitrogen and oxygen atoms in total. The van der Waals surface area contributed by atoms with Crippen LogP contribution in [0.15, 0.2) is 66.0 Å². The second-order valence-electron chi connectivity index (χ2n) is 11.5. The van der Waals surface area contributed by atoms with Gasteiger partial charge in [0.1, 0.15) is 6.04 Å². The molecule has 1 fully saturated rings. The van der Waals surface area contributed by atoms with E-state index in [1.54, 1.807) is 10.9 Å². The average Bonchev–Trinajstić information content (AvgIpc) is 3.49. The van der Waals surface area contributed by atoms with Crippen molar-refractivity contribution in [2.24, 2.45) is 0 Å². The zero-order valence-electron chi connectivity index (χ0n) is 24.0. The van der Waals surface area contributed by atoms with Gasteiger partial charge in [-0.3, -0.25) is 14.5 Å². The molecule has 234 valence electrons. The summed E-state index contributed by atoms with van der Waals surface area (Å²) in [7, 11) is -4.49. The monoisotopic (exact) mass is 629 g/mol. The third kappa shape index (κ3) is 6.52. The Balaban J connectivity index is 1.15. The van der Waals surface area contributed by atoms with Gasteiger partial charge in [0.25, 0.3) is 10.0 Å². The molecule has 6 rings (SSSR count).